The maximum atomic E-state index is 12.1. The average Bonchev–Trinajstić information content (AvgIpc) is 2.39. The summed E-state index contributed by atoms with van der Waals surface area (Å²) in [5.41, 5.74) is 7.05. The van der Waals surface area contributed by atoms with Crippen molar-refractivity contribution in [2.45, 2.75) is 12.3 Å². The molecule has 0 bridgehead atoms. The fourth-order valence-corrected chi connectivity index (χ4v) is 4.96. The molecule has 1 aliphatic heterocycles. The number of aromatic nitrogens is 1. The lowest BCUT2D eigenvalue weighted by Crippen LogP contribution is -2.48. The number of nitrogen functional groups attached to an aromatic ring is 1. The second kappa shape index (κ2) is 5.36. The molecule has 0 radical (unpaired) electrons. The van der Waals surface area contributed by atoms with Gasteiger partial charge in [-0.05, 0) is 6.07 Å². The Bertz CT molecular complexity index is 519. The summed E-state index contributed by atoms with van der Waals surface area (Å²) in [7, 11) is -3.09. The van der Waals surface area contributed by atoms with Gasteiger partial charge in [0, 0.05) is 30.0 Å². The van der Waals surface area contributed by atoms with Crippen molar-refractivity contribution in [3.8, 4) is 0 Å². The topological polar surface area (TPSA) is 76.3 Å². The number of hydrogen-bond donors (Lipinski definition) is 1. The highest BCUT2D eigenvalue weighted by molar-refractivity contribution is 8.01. The van der Waals surface area contributed by atoms with E-state index in [0.29, 0.717) is 18.0 Å². The van der Waals surface area contributed by atoms with E-state index >= 15 is 0 Å². The van der Waals surface area contributed by atoms with Gasteiger partial charge in [-0.1, -0.05) is 6.92 Å². The van der Waals surface area contributed by atoms with E-state index in [1.807, 2.05) is 4.90 Å². The Morgan fingerprint density at radius 3 is 3.00 bits per heavy atom. The maximum Gasteiger partial charge on any atom is 0.171 e. The van der Waals surface area contributed by atoms with E-state index in [4.69, 9.17) is 5.73 Å². The fraction of sp³-hybridized carbons (Fsp3) is 0.545. The van der Waals surface area contributed by atoms with Crippen molar-refractivity contribution in [1.82, 2.24) is 4.98 Å². The number of rotatable bonds is 3. The Morgan fingerprint density at radius 1 is 1.56 bits per heavy atom. The van der Waals surface area contributed by atoms with Crippen molar-refractivity contribution < 1.29 is 8.42 Å². The first-order chi connectivity index (χ1) is 8.54. The first-order valence-corrected chi connectivity index (χ1v) is 8.68. The predicted molar refractivity (Wildman–Crippen MR) is 76.6 cm³/mol. The Kier molecular flexibility index (Phi) is 4.01. The Balaban J connectivity index is 2.34. The van der Waals surface area contributed by atoms with E-state index in [9.17, 15) is 8.42 Å². The third-order valence-corrected chi connectivity index (χ3v) is 6.27. The van der Waals surface area contributed by atoms with Crippen LogP contribution in [0.2, 0.25) is 0 Å². The molecule has 1 fully saturated rings. The molecule has 0 aromatic carbocycles. The number of nitrogens with zero attached hydrogens (tertiary/aromatic N) is 2. The first kappa shape index (κ1) is 13.5. The highest BCUT2D eigenvalue weighted by atomic mass is 32.2. The van der Waals surface area contributed by atoms with Crippen LogP contribution < -0.4 is 10.6 Å². The fourth-order valence-electron chi connectivity index (χ4n) is 1.97. The smallest absolute Gasteiger partial charge is 0.171 e. The predicted octanol–water partition coefficient (Wildman–Crippen LogP) is 0.978. The van der Waals surface area contributed by atoms with E-state index in [1.165, 1.54) is 0 Å². The summed E-state index contributed by atoms with van der Waals surface area (Å²) < 4.78 is 24.2. The zero-order valence-corrected chi connectivity index (χ0v) is 11.9. The summed E-state index contributed by atoms with van der Waals surface area (Å²) in [5.74, 6) is 1.68. The second-order valence-electron chi connectivity index (χ2n) is 4.15. The first-order valence-electron chi connectivity index (χ1n) is 5.81. The van der Waals surface area contributed by atoms with Crippen LogP contribution in [-0.2, 0) is 9.84 Å². The highest BCUT2D eigenvalue weighted by Crippen LogP contribution is 2.27. The number of nitrogens with two attached hydrogens (primary N) is 1. The van der Waals surface area contributed by atoms with Gasteiger partial charge < -0.3 is 10.6 Å². The molecule has 2 heterocycles. The minimum atomic E-state index is -3.09. The Morgan fingerprint density at radius 2 is 2.33 bits per heavy atom. The summed E-state index contributed by atoms with van der Waals surface area (Å²) in [6, 6.07) is 1.78. The average molecular weight is 287 g/mol. The standard InChI is InChI=1S/C11H17N3O2S2/c1-2-18(15,16)11-8-17-4-3-14(11)10-5-9(12)6-13-7-10/h5-7,11H,2-4,8,12H2,1H3. The van der Waals surface area contributed by atoms with Crippen LogP contribution in [0.5, 0.6) is 0 Å². The lowest BCUT2D eigenvalue weighted by Gasteiger charge is -2.36. The molecule has 18 heavy (non-hydrogen) atoms. The van der Waals surface area contributed by atoms with Crippen molar-refractivity contribution in [1.29, 1.82) is 0 Å². The number of pyridine rings is 1. The number of hydrogen-bond acceptors (Lipinski definition) is 6. The molecular weight excluding hydrogens is 270 g/mol. The molecule has 1 aromatic rings. The minimum absolute atomic E-state index is 0.157. The van der Waals surface area contributed by atoms with E-state index in [0.717, 1.165) is 11.4 Å². The largest absolute Gasteiger partial charge is 0.397 e. The zero-order chi connectivity index (χ0) is 13.2. The molecule has 100 valence electrons. The highest BCUT2D eigenvalue weighted by Gasteiger charge is 2.33. The van der Waals surface area contributed by atoms with Crippen molar-refractivity contribution in [2.75, 3.05) is 34.4 Å². The van der Waals surface area contributed by atoms with Crippen molar-refractivity contribution in [3.05, 3.63) is 18.5 Å². The van der Waals surface area contributed by atoms with Gasteiger partial charge >= 0.3 is 0 Å². The lowest BCUT2D eigenvalue weighted by atomic mass is 10.3. The molecule has 1 unspecified atom stereocenters. The quantitative estimate of drug-likeness (QED) is 0.893. The molecule has 2 N–H and O–H groups in total. The van der Waals surface area contributed by atoms with Crippen LogP contribution in [0, 0.1) is 0 Å². The molecule has 1 aromatic heterocycles. The summed E-state index contributed by atoms with van der Waals surface area (Å²) >= 11 is 1.68. The summed E-state index contributed by atoms with van der Waals surface area (Å²) in [5, 5.41) is -0.468. The second-order valence-corrected chi connectivity index (χ2v) is 7.75. The number of anilines is 2. The van der Waals surface area contributed by atoms with Gasteiger partial charge in [0.1, 0.15) is 5.37 Å². The summed E-state index contributed by atoms with van der Waals surface area (Å²) in [6.45, 7) is 2.39. The van der Waals surface area contributed by atoms with Crippen LogP contribution in [0.25, 0.3) is 0 Å². The SMILES string of the molecule is CCS(=O)(=O)C1CSCCN1c1cncc(N)c1. The lowest BCUT2D eigenvalue weighted by molar-refractivity contribution is 0.579. The van der Waals surface area contributed by atoms with Gasteiger partial charge in [0.15, 0.2) is 9.84 Å². The third-order valence-electron chi connectivity index (χ3n) is 2.98. The zero-order valence-electron chi connectivity index (χ0n) is 10.2. The molecule has 0 spiro atoms. The van der Waals surface area contributed by atoms with Crippen LogP contribution in [0.15, 0.2) is 18.5 Å². The molecule has 2 rings (SSSR count). The van der Waals surface area contributed by atoms with Crippen LogP contribution >= 0.6 is 11.8 Å². The third kappa shape index (κ3) is 2.72. The monoisotopic (exact) mass is 287 g/mol. The molecule has 5 nitrogen and oxygen atoms in total. The molecule has 1 atom stereocenters. The van der Waals surface area contributed by atoms with Crippen LogP contribution in [-0.4, -0.2) is 42.6 Å². The van der Waals surface area contributed by atoms with Gasteiger partial charge in [0.25, 0.3) is 0 Å². The van der Waals surface area contributed by atoms with Crippen LogP contribution in [0.3, 0.4) is 0 Å². The molecular formula is C11H17N3O2S2. The molecule has 1 aliphatic rings. The van der Waals surface area contributed by atoms with Gasteiger partial charge in [-0.3, -0.25) is 4.98 Å². The van der Waals surface area contributed by atoms with Gasteiger partial charge in [0.05, 0.1) is 17.6 Å². The van der Waals surface area contributed by atoms with E-state index < -0.39 is 15.2 Å². The Hall–Kier alpha value is -0.950. The molecule has 0 amide bonds. The van der Waals surface area contributed by atoms with Gasteiger partial charge in [-0.2, -0.15) is 11.8 Å². The molecule has 0 aliphatic carbocycles. The number of thioether (sulfide) groups is 1. The van der Waals surface area contributed by atoms with Gasteiger partial charge in [0.2, 0.25) is 0 Å². The number of sulfone groups is 1. The molecule has 0 saturated carbocycles. The van der Waals surface area contributed by atoms with Gasteiger partial charge in [-0.15, -0.1) is 0 Å². The maximum absolute atomic E-state index is 12.1. The van der Waals surface area contributed by atoms with E-state index in [2.05, 4.69) is 4.98 Å². The summed E-state index contributed by atoms with van der Waals surface area (Å²) in [6.07, 6.45) is 3.23. The molecule has 7 heteroatoms. The molecule has 1 saturated heterocycles. The van der Waals surface area contributed by atoms with Crippen molar-refractivity contribution in [3.63, 3.8) is 0 Å². The normalized spacial score (nSPS) is 20.9. The van der Waals surface area contributed by atoms with Crippen molar-refractivity contribution >= 4 is 33.0 Å². The Labute approximate surface area is 112 Å². The summed E-state index contributed by atoms with van der Waals surface area (Å²) in [4.78, 5) is 5.93. The van der Waals surface area contributed by atoms with E-state index in [1.54, 1.807) is 37.1 Å². The van der Waals surface area contributed by atoms with Crippen LogP contribution in [0.1, 0.15) is 6.92 Å². The van der Waals surface area contributed by atoms with Crippen LogP contribution in [0.4, 0.5) is 11.4 Å². The minimum Gasteiger partial charge on any atom is -0.397 e. The van der Waals surface area contributed by atoms with Gasteiger partial charge in [-0.25, -0.2) is 8.42 Å². The van der Waals surface area contributed by atoms with Crippen molar-refractivity contribution in [2.24, 2.45) is 0 Å². The van der Waals surface area contributed by atoms with E-state index in [-0.39, 0.29) is 5.75 Å².